The van der Waals surface area contributed by atoms with Crippen LogP contribution in [0.2, 0.25) is 0 Å². The quantitative estimate of drug-likeness (QED) is 0.610. The van der Waals surface area contributed by atoms with Crippen molar-refractivity contribution in [2.75, 3.05) is 19.6 Å². The van der Waals surface area contributed by atoms with Crippen molar-refractivity contribution in [2.24, 2.45) is 5.73 Å². The molecule has 31 heavy (non-hydrogen) atoms. The van der Waals surface area contributed by atoms with Crippen molar-refractivity contribution < 1.29 is 14.3 Å². The summed E-state index contributed by atoms with van der Waals surface area (Å²) in [4.78, 5) is 26.8. The van der Waals surface area contributed by atoms with Gasteiger partial charge >= 0.3 is 0 Å². The van der Waals surface area contributed by atoms with Gasteiger partial charge in [-0.3, -0.25) is 14.5 Å². The van der Waals surface area contributed by atoms with Gasteiger partial charge in [0, 0.05) is 18.2 Å². The number of hydrogen-bond acceptors (Lipinski definition) is 4. The maximum Gasteiger partial charge on any atom is 0.252 e. The molecular weight excluding hydrogens is 390 g/mol. The first-order valence-electron chi connectivity index (χ1n) is 11.2. The smallest absolute Gasteiger partial charge is 0.252 e. The standard InChI is InChI=1S/C25H33N3O3/c1-2-3-14-28-15-7-6-11-21(28)17-27-25(30)20-10-8-9-19(16-20)18-31-23-13-5-4-12-22(23)24(26)29/h4-5,8-10,12-13,16,21H,2-3,6-7,11,14-15,17-18H2,1H3,(H2,26,29)(H,27,30). The highest BCUT2D eigenvalue weighted by molar-refractivity contribution is 5.95. The fraction of sp³-hybridized carbons (Fsp3) is 0.440. The highest BCUT2D eigenvalue weighted by atomic mass is 16.5. The number of nitrogens with one attached hydrogen (secondary N) is 1. The van der Waals surface area contributed by atoms with Crippen LogP contribution < -0.4 is 15.8 Å². The van der Waals surface area contributed by atoms with E-state index in [1.54, 1.807) is 24.3 Å². The van der Waals surface area contributed by atoms with E-state index in [0.29, 0.717) is 29.5 Å². The van der Waals surface area contributed by atoms with Gasteiger partial charge < -0.3 is 15.8 Å². The van der Waals surface area contributed by atoms with Crippen molar-refractivity contribution >= 4 is 11.8 Å². The second kappa shape index (κ2) is 11.5. The second-order valence-electron chi connectivity index (χ2n) is 8.10. The molecule has 6 heteroatoms. The highest BCUT2D eigenvalue weighted by Crippen LogP contribution is 2.20. The van der Waals surface area contributed by atoms with Gasteiger partial charge in [-0.25, -0.2) is 0 Å². The molecule has 0 radical (unpaired) electrons. The Balaban J connectivity index is 1.57. The van der Waals surface area contributed by atoms with E-state index in [-0.39, 0.29) is 12.5 Å². The molecule has 0 bridgehead atoms. The number of hydrogen-bond donors (Lipinski definition) is 2. The van der Waals surface area contributed by atoms with Gasteiger partial charge in [0.25, 0.3) is 11.8 Å². The Morgan fingerprint density at radius 2 is 2.00 bits per heavy atom. The lowest BCUT2D eigenvalue weighted by Crippen LogP contribution is -2.47. The minimum Gasteiger partial charge on any atom is -0.488 e. The number of amides is 2. The molecule has 1 aliphatic rings. The maximum atomic E-state index is 12.7. The molecule has 1 saturated heterocycles. The third-order valence-electron chi connectivity index (χ3n) is 5.78. The van der Waals surface area contributed by atoms with Crippen LogP contribution in [0.3, 0.4) is 0 Å². The predicted molar refractivity (Wildman–Crippen MR) is 122 cm³/mol. The molecule has 6 nitrogen and oxygen atoms in total. The van der Waals surface area contributed by atoms with Crippen LogP contribution in [-0.2, 0) is 6.61 Å². The number of nitrogens with two attached hydrogens (primary N) is 1. The molecule has 166 valence electrons. The first-order valence-corrected chi connectivity index (χ1v) is 11.2. The van der Waals surface area contributed by atoms with E-state index in [0.717, 1.165) is 25.1 Å². The van der Waals surface area contributed by atoms with Crippen molar-refractivity contribution in [3.63, 3.8) is 0 Å². The Morgan fingerprint density at radius 1 is 1.16 bits per heavy atom. The Morgan fingerprint density at radius 3 is 2.81 bits per heavy atom. The van der Waals surface area contributed by atoms with Crippen LogP contribution in [0, 0.1) is 0 Å². The van der Waals surface area contributed by atoms with Gasteiger partial charge in [-0.2, -0.15) is 0 Å². The molecule has 2 amide bonds. The molecule has 1 unspecified atom stereocenters. The van der Waals surface area contributed by atoms with Gasteiger partial charge in [0.1, 0.15) is 12.4 Å². The van der Waals surface area contributed by atoms with Gasteiger partial charge in [0.2, 0.25) is 0 Å². The fourth-order valence-electron chi connectivity index (χ4n) is 4.02. The Labute approximate surface area is 184 Å². The first kappa shape index (κ1) is 22.8. The van der Waals surface area contributed by atoms with E-state index in [4.69, 9.17) is 10.5 Å². The zero-order chi connectivity index (χ0) is 22.1. The zero-order valence-corrected chi connectivity index (χ0v) is 18.3. The minimum atomic E-state index is -0.528. The number of piperidine rings is 1. The number of rotatable bonds is 10. The summed E-state index contributed by atoms with van der Waals surface area (Å²) in [7, 11) is 0. The topological polar surface area (TPSA) is 84.7 Å². The van der Waals surface area contributed by atoms with Gasteiger partial charge in [-0.1, -0.05) is 44.0 Å². The average molecular weight is 424 g/mol. The highest BCUT2D eigenvalue weighted by Gasteiger charge is 2.22. The van der Waals surface area contributed by atoms with Crippen molar-refractivity contribution in [2.45, 2.75) is 51.7 Å². The third kappa shape index (κ3) is 6.56. The van der Waals surface area contributed by atoms with E-state index in [2.05, 4.69) is 17.1 Å². The van der Waals surface area contributed by atoms with Crippen LogP contribution in [0.25, 0.3) is 0 Å². The SMILES string of the molecule is CCCCN1CCCCC1CNC(=O)c1cccc(COc2ccccc2C(N)=O)c1. The third-order valence-corrected chi connectivity index (χ3v) is 5.78. The molecule has 0 aromatic heterocycles. The van der Waals surface area contributed by atoms with Crippen molar-refractivity contribution in [1.82, 2.24) is 10.2 Å². The van der Waals surface area contributed by atoms with Crippen LogP contribution in [0.4, 0.5) is 0 Å². The molecule has 0 saturated carbocycles. The first-order chi connectivity index (χ1) is 15.1. The Hall–Kier alpha value is -2.86. The Kier molecular flexibility index (Phi) is 8.47. The summed E-state index contributed by atoms with van der Waals surface area (Å²) >= 11 is 0. The molecular formula is C25H33N3O3. The molecule has 1 fully saturated rings. The van der Waals surface area contributed by atoms with E-state index >= 15 is 0 Å². The van der Waals surface area contributed by atoms with E-state index in [9.17, 15) is 9.59 Å². The lowest BCUT2D eigenvalue weighted by molar-refractivity contribution is 0.0912. The summed E-state index contributed by atoms with van der Waals surface area (Å²) in [6.45, 7) is 5.37. The predicted octanol–water partition coefficient (Wildman–Crippen LogP) is 3.75. The van der Waals surface area contributed by atoms with E-state index in [1.165, 1.54) is 25.7 Å². The van der Waals surface area contributed by atoms with Gasteiger partial charge in [-0.05, 0) is 62.2 Å². The summed E-state index contributed by atoms with van der Waals surface area (Å²) in [6, 6.07) is 14.7. The van der Waals surface area contributed by atoms with Crippen LogP contribution in [0.15, 0.2) is 48.5 Å². The largest absolute Gasteiger partial charge is 0.488 e. The number of benzene rings is 2. The minimum absolute atomic E-state index is 0.0691. The number of primary amides is 1. The molecule has 1 heterocycles. The van der Waals surface area contributed by atoms with Crippen LogP contribution in [0.1, 0.15) is 65.3 Å². The normalized spacial score (nSPS) is 16.6. The summed E-state index contributed by atoms with van der Waals surface area (Å²) in [5, 5.41) is 3.12. The maximum absolute atomic E-state index is 12.7. The number of ether oxygens (including phenoxy) is 1. The summed E-state index contributed by atoms with van der Waals surface area (Å²) in [5.74, 6) is -0.158. The Bertz CT molecular complexity index is 884. The van der Waals surface area contributed by atoms with Crippen LogP contribution in [0.5, 0.6) is 5.75 Å². The van der Waals surface area contributed by atoms with Crippen LogP contribution >= 0.6 is 0 Å². The lowest BCUT2D eigenvalue weighted by Gasteiger charge is -2.35. The van der Waals surface area contributed by atoms with Crippen molar-refractivity contribution in [1.29, 1.82) is 0 Å². The van der Waals surface area contributed by atoms with Crippen LogP contribution in [-0.4, -0.2) is 42.4 Å². The molecule has 1 atom stereocenters. The van der Waals surface area contributed by atoms with Gasteiger partial charge in [0.15, 0.2) is 0 Å². The van der Waals surface area contributed by atoms with E-state index in [1.807, 2.05) is 24.3 Å². The summed E-state index contributed by atoms with van der Waals surface area (Å²) in [5.41, 5.74) is 7.21. The zero-order valence-electron chi connectivity index (χ0n) is 18.3. The number of carbonyl (C=O) groups is 2. The monoisotopic (exact) mass is 423 g/mol. The van der Waals surface area contributed by atoms with Gasteiger partial charge in [-0.15, -0.1) is 0 Å². The molecule has 3 N–H and O–H groups in total. The molecule has 0 aliphatic carbocycles. The van der Waals surface area contributed by atoms with Crippen molar-refractivity contribution in [3.8, 4) is 5.75 Å². The summed E-state index contributed by atoms with van der Waals surface area (Å²) in [6.07, 6.45) is 5.99. The molecule has 2 aromatic rings. The van der Waals surface area contributed by atoms with E-state index < -0.39 is 5.91 Å². The average Bonchev–Trinajstić information content (AvgIpc) is 2.80. The van der Waals surface area contributed by atoms with Gasteiger partial charge in [0.05, 0.1) is 5.56 Å². The second-order valence-corrected chi connectivity index (χ2v) is 8.10. The number of para-hydroxylation sites is 1. The molecule has 3 rings (SSSR count). The number of carbonyl (C=O) groups excluding carboxylic acids is 2. The number of unbranched alkanes of at least 4 members (excludes halogenated alkanes) is 1. The number of likely N-dealkylation sites (tertiary alicyclic amines) is 1. The fourth-order valence-corrected chi connectivity index (χ4v) is 4.02. The number of nitrogens with zero attached hydrogens (tertiary/aromatic N) is 1. The summed E-state index contributed by atoms with van der Waals surface area (Å²) < 4.78 is 5.79. The van der Waals surface area contributed by atoms with Crippen molar-refractivity contribution in [3.05, 3.63) is 65.2 Å². The molecule has 1 aliphatic heterocycles. The lowest BCUT2D eigenvalue weighted by atomic mass is 10.0. The molecule has 2 aromatic carbocycles. The molecule has 0 spiro atoms.